The minimum absolute atomic E-state index is 0.0535. The third-order valence-corrected chi connectivity index (χ3v) is 6.70. The SMILES string of the molecule is O=C(Nc1sc2c(c1-c1nc3ccccc3[nH]1)CCCC2)c1ccsc1. The van der Waals surface area contributed by atoms with Crippen LogP contribution < -0.4 is 5.32 Å². The number of amides is 1. The van der Waals surface area contributed by atoms with Crippen molar-refractivity contribution in [3.63, 3.8) is 0 Å². The average Bonchev–Trinajstić information content (AvgIpc) is 3.38. The van der Waals surface area contributed by atoms with E-state index < -0.39 is 0 Å². The summed E-state index contributed by atoms with van der Waals surface area (Å²) in [6, 6.07) is 9.91. The Morgan fingerprint density at radius 3 is 2.88 bits per heavy atom. The van der Waals surface area contributed by atoms with Crippen molar-refractivity contribution < 1.29 is 4.79 Å². The molecule has 4 aromatic rings. The maximum atomic E-state index is 12.6. The van der Waals surface area contributed by atoms with Gasteiger partial charge in [0.05, 0.1) is 22.2 Å². The molecule has 4 nitrogen and oxygen atoms in total. The van der Waals surface area contributed by atoms with Gasteiger partial charge in [-0.1, -0.05) is 12.1 Å². The van der Waals surface area contributed by atoms with Crippen molar-refractivity contribution >= 4 is 44.6 Å². The zero-order valence-electron chi connectivity index (χ0n) is 14.0. The standard InChI is InChI=1S/C20H17N3OS2/c24-19(12-9-10-25-11-12)23-20-17(13-5-1-4-8-16(13)26-20)18-21-14-6-2-3-7-15(14)22-18/h2-3,6-7,9-11H,1,4-5,8H2,(H,21,22)(H,23,24). The lowest BCUT2D eigenvalue weighted by molar-refractivity contribution is 0.102. The highest BCUT2D eigenvalue weighted by molar-refractivity contribution is 7.17. The lowest BCUT2D eigenvalue weighted by Crippen LogP contribution is -2.10. The van der Waals surface area contributed by atoms with E-state index in [1.54, 1.807) is 11.3 Å². The summed E-state index contributed by atoms with van der Waals surface area (Å²) in [6.07, 6.45) is 4.54. The summed E-state index contributed by atoms with van der Waals surface area (Å²) in [5.41, 5.74) is 5.10. The van der Waals surface area contributed by atoms with Crippen LogP contribution >= 0.6 is 22.7 Å². The van der Waals surface area contributed by atoms with Gasteiger partial charge in [0.15, 0.2) is 0 Å². The largest absolute Gasteiger partial charge is 0.338 e. The number of hydrogen-bond acceptors (Lipinski definition) is 4. The number of H-pyrrole nitrogens is 1. The molecule has 1 aromatic carbocycles. The van der Waals surface area contributed by atoms with Crippen LogP contribution in [0.15, 0.2) is 41.1 Å². The number of aromatic nitrogens is 2. The van der Waals surface area contributed by atoms with Crippen molar-refractivity contribution in [2.45, 2.75) is 25.7 Å². The number of carbonyl (C=O) groups is 1. The smallest absolute Gasteiger partial charge is 0.257 e. The Bertz CT molecular complexity index is 1060. The Morgan fingerprint density at radius 2 is 2.04 bits per heavy atom. The van der Waals surface area contributed by atoms with Gasteiger partial charge in [-0.05, 0) is 54.8 Å². The molecule has 130 valence electrons. The number of nitrogens with zero attached hydrogens (tertiary/aromatic N) is 1. The molecule has 2 N–H and O–H groups in total. The van der Waals surface area contributed by atoms with Crippen molar-refractivity contribution in [2.75, 3.05) is 5.32 Å². The first-order valence-electron chi connectivity index (χ1n) is 8.73. The van der Waals surface area contributed by atoms with Crippen molar-refractivity contribution in [1.82, 2.24) is 9.97 Å². The molecule has 0 radical (unpaired) electrons. The molecule has 1 aliphatic carbocycles. The second-order valence-electron chi connectivity index (χ2n) is 6.48. The number of hydrogen-bond donors (Lipinski definition) is 2. The summed E-state index contributed by atoms with van der Waals surface area (Å²) >= 11 is 3.24. The summed E-state index contributed by atoms with van der Waals surface area (Å²) in [5, 5.41) is 7.85. The maximum Gasteiger partial charge on any atom is 0.257 e. The van der Waals surface area contributed by atoms with Gasteiger partial charge in [0.25, 0.3) is 5.91 Å². The fraction of sp³-hybridized carbons (Fsp3) is 0.200. The van der Waals surface area contributed by atoms with E-state index in [1.165, 1.54) is 34.6 Å². The number of rotatable bonds is 3. The number of nitrogens with one attached hydrogen (secondary N) is 2. The van der Waals surface area contributed by atoms with Gasteiger partial charge in [-0.3, -0.25) is 4.79 Å². The first kappa shape index (κ1) is 15.8. The fourth-order valence-corrected chi connectivity index (χ4v) is 5.47. The van der Waals surface area contributed by atoms with E-state index in [1.807, 2.05) is 41.1 Å². The Balaban J connectivity index is 1.62. The Kier molecular flexibility index (Phi) is 3.87. The van der Waals surface area contributed by atoms with E-state index in [9.17, 15) is 4.79 Å². The maximum absolute atomic E-state index is 12.6. The van der Waals surface area contributed by atoms with E-state index in [-0.39, 0.29) is 5.91 Å². The van der Waals surface area contributed by atoms with Gasteiger partial charge in [-0.15, -0.1) is 11.3 Å². The third-order valence-electron chi connectivity index (χ3n) is 4.81. The first-order valence-corrected chi connectivity index (χ1v) is 10.5. The molecule has 0 aliphatic heterocycles. The quantitative estimate of drug-likeness (QED) is 0.495. The lowest BCUT2D eigenvalue weighted by Gasteiger charge is -2.11. The molecular formula is C20H17N3OS2. The summed E-state index contributed by atoms with van der Waals surface area (Å²) in [7, 11) is 0. The number of aromatic amines is 1. The number of para-hydroxylation sites is 2. The van der Waals surface area contributed by atoms with Crippen LogP contribution in [0.25, 0.3) is 22.4 Å². The molecule has 5 rings (SSSR count). The van der Waals surface area contributed by atoms with Crippen LogP contribution in [0.2, 0.25) is 0 Å². The number of fused-ring (bicyclic) bond motifs is 2. The van der Waals surface area contributed by atoms with Crippen molar-refractivity contribution in [1.29, 1.82) is 0 Å². The molecule has 0 unspecified atom stereocenters. The highest BCUT2D eigenvalue weighted by atomic mass is 32.1. The Morgan fingerprint density at radius 1 is 1.15 bits per heavy atom. The molecular weight excluding hydrogens is 362 g/mol. The fourth-order valence-electron chi connectivity index (χ4n) is 3.54. The van der Waals surface area contributed by atoms with E-state index in [0.717, 1.165) is 40.3 Å². The minimum Gasteiger partial charge on any atom is -0.338 e. The molecule has 26 heavy (non-hydrogen) atoms. The number of carbonyl (C=O) groups excluding carboxylic acids is 1. The zero-order valence-corrected chi connectivity index (χ0v) is 15.7. The lowest BCUT2D eigenvalue weighted by atomic mass is 9.95. The molecule has 3 aromatic heterocycles. The normalized spacial score (nSPS) is 13.7. The summed E-state index contributed by atoms with van der Waals surface area (Å²) in [6.45, 7) is 0. The van der Waals surface area contributed by atoms with E-state index in [0.29, 0.717) is 5.56 Å². The van der Waals surface area contributed by atoms with Gasteiger partial charge in [0.1, 0.15) is 10.8 Å². The monoisotopic (exact) mass is 379 g/mol. The Labute approximate surface area is 158 Å². The molecule has 0 atom stereocenters. The highest BCUT2D eigenvalue weighted by Gasteiger charge is 2.25. The number of aryl methyl sites for hydroxylation is 1. The second kappa shape index (κ2) is 6.37. The number of imidazole rings is 1. The van der Waals surface area contributed by atoms with E-state index >= 15 is 0 Å². The Hall–Kier alpha value is -2.44. The van der Waals surface area contributed by atoms with Crippen LogP contribution in [-0.2, 0) is 12.8 Å². The summed E-state index contributed by atoms with van der Waals surface area (Å²) in [4.78, 5) is 22.2. The predicted octanol–water partition coefficient (Wildman–Crippen LogP) is 5.48. The predicted molar refractivity (Wildman–Crippen MR) is 108 cm³/mol. The van der Waals surface area contributed by atoms with Crippen LogP contribution in [0.3, 0.4) is 0 Å². The molecule has 0 saturated carbocycles. The topological polar surface area (TPSA) is 57.8 Å². The number of thiophene rings is 2. The summed E-state index contributed by atoms with van der Waals surface area (Å²) in [5.74, 6) is 0.799. The van der Waals surface area contributed by atoms with Crippen LogP contribution in [-0.4, -0.2) is 15.9 Å². The van der Waals surface area contributed by atoms with Crippen molar-refractivity contribution in [3.05, 3.63) is 57.1 Å². The molecule has 6 heteroatoms. The van der Waals surface area contributed by atoms with Gasteiger partial charge >= 0.3 is 0 Å². The van der Waals surface area contributed by atoms with Crippen molar-refractivity contribution in [2.24, 2.45) is 0 Å². The van der Waals surface area contributed by atoms with Gasteiger partial charge in [-0.2, -0.15) is 11.3 Å². The second-order valence-corrected chi connectivity index (χ2v) is 8.37. The molecule has 0 spiro atoms. The molecule has 3 heterocycles. The molecule has 1 aliphatic rings. The molecule has 0 fully saturated rings. The third kappa shape index (κ3) is 2.66. The van der Waals surface area contributed by atoms with Crippen LogP contribution in [0.1, 0.15) is 33.6 Å². The van der Waals surface area contributed by atoms with Gasteiger partial charge in [0, 0.05) is 10.3 Å². The van der Waals surface area contributed by atoms with Gasteiger partial charge in [0.2, 0.25) is 0 Å². The average molecular weight is 380 g/mol. The van der Waals surface area contributed by atoms with Crippen LogP contribution in [0, 0.1) is 0 Å². The number of benzene rings is 1. The number of anilines is 1. The van der Waals surface area contributed by atoms with Crippen molar-refractivity contribution in [3.8, 4) is 11.4 Å². The minimum atomic E-state index is -0.0535. The molecule has 0 saturated heterocycles. The molecule has 0 bridgehead atoms. The highest BCUT2D eigenvalue weighted by Crippen LogP contribution is 2.43. The van der Waals surface area contributed by atoms with Crippen LogP contribution in [0.5, 0.6) is 0 Å². The van der Waals surface area contributed by atoms with E-state index in [2.05, 4.69) is 10.3 Å². The first-order chi connectivity index (χ1) is 12.8. The molecule has 1 amide bonds. The van der Waals surface area contributed by atoms with Gasteiger partial charge < -0.3 is 10.3 Å². The van der Waals surface area contributed by atoms with Crippen LogP contribution in [0.4, 0.5) is 5.00 Å². The zero-order chi connectivity index (χ0) is 17.5. The van der Waals surface area contributed by atoms with Gasteiger partial charge in [-0.25, -0.2) is 4.98 Å². The summed E-state index contributed by atoms with van der Waals surface area (Å²) < 4.78 is 0. The van der Waals surface area contributed by atoms with E-state index in [4.69, 9.17) is 4.98 Å².